The lowest BCUT2D eigenvalue weighted by molar-refractivity contribution is -0.114. The fraction of sp³-hybridized carbons (Fsp3) is 0.167. The predicted molar refractivity (Wildman–Crippen MR) is 95.4 cm³/mol. The maximum atomic E-state index is 13.3. The molecule has 0 aliphatic carbocycles. The fourth-order valence-electron chi connectivity index (χ4n) is 2.97. The number of benzene rings is 1. The Kier molecular flexibility index (Phi) is 3.80. The fourth-order valence-corrected chi connectivity index (χ4v) is 2.97. The van der Waals surface area contributed by atoms with Gasteiger partial charge in [0.1, 0.15) is 11.6 Å². The van der Waals surface area contributed by atoms with Gasteiger partial charge in [-0.2, -0.15) is 0 Å². The van der Waals surface area contributed by atoms with E-state index in [9.17, 15) is 14.0 Å². The molecule has 0 bridgehead atoms. The maximum Gasteiger partial charge on any atom is 0.255 e. The van der Waals surface area contributed by atoms with Crippen molar-refractivity contribution in [2.75, 3.05) is 24.2 Å². The Balaban J connectivity index is 1.53. The summed E-state index contributed by atoms with van der Waals surface area (Å²) in [5.74, 6) is -0.169. The molecule has 8 heteroatoms. The van der Waals surface area contributed by atoms with Crippen molar-refractivity contribution in [3.05, 3.63) is 53.6 Å². The van der Waals surface area contributed by atoms with Crippen LogP contribution in [0.15, 0.2) is 36.5 Å². The number of hydrogen-bond donors (Lipinski definition) is 3. The van der Waals surface area contributed by atoms with Crippen LogP contribution in [0.3, 0.4) is 0 Å². The average molecular weight is 353 g/mol. The third-order valence-electron chi connectivity index (χ3n) is 4.22. The van der Waals surface area contributed by atoms with Gasteiger partial charge in [-0.05, 0) is 30.3 Å². The van der Waals surface area contributed by atoms with Crippen LogP contribution in [0, 0.1) is 5.82 Å². The summed E-state index contributed by atoms with van der Waals surface area (Å²) in [5, 5.41) is 6.33. The molecule has 0 radical (unpaired) electrons. The minimum atomic E-state index is -0.303. The van der Waals surface area contributed by atoms with Crippen molar-refractivity contribution >= 4 is 34.2 Å². The highest BCUT2D eigenvalue weighted by Gasteiger charge is 2.19. The lowest BCUT2D eigenvalue weighted by Gasteiger charge is -2.20. The van der Waals surface area contributed by atoms with Crippen LogP contribution in [0.4, 0.5) is 15.9 Å². The minimum Gasteiger partial charge on any atom is -0.359 e. The Bertz CT molecular complexity index is 1030. The largest absolute Gasteiger partial charge is 0.359 e. The number of rotatable bonds is 3. The van der Waals surface area contributed by atoms with Gasteiger partial charge < -0.3 is 20.5 Å². The van der Waals surface area contributed by atoms with E-state index in [4.69, 9.17) is 0 Å². The predicted octanol–water partition coefficient (Wildman–Crippen LogP) is 2.34. The van der Waals surface area contributed by atoms with Gasteiger partial charge in [0.15, 0.2) is 0 Å². The van der Waals surface area contributed by atoms with Crippen LogP contribution in [0.2, 0.25) is 0 Å². The second-order valence-corrected chi connectivity index (χ2v) is 6.21. The zero-order valence-electron chi connectivity index (χ0n) is 14.0. The van der Waals surface area contributed by atoms with E-state index < -0.39 is 0 Å². The number of aromatic nitrogens is 2. The van der Waals surface area contributed by atoms with Crippen molar-refractivity contribution in [1.82, 2.24) is 14.9 Å². The van der Waals surface area contributed by atoms with Crippen molar-refractivity contribution in [3.8, 4) is 0 Å². The third kappa shape index (κ3) is 2.97. The Hall–Kier alpha value is -3.42. The molecular weight excluding hydrogens is 337 g/mol. The van der Waals surface area contributed by atoms with E-state index in [2.05, 4.69) is 20.6 Å². The molecule has 3 N–H and O–H groups in total. The van der Waals surface area contributed by atoms with E-state index in [0.717, 1.165) is 16.6 Å². The van der Waals surface area contributed by atoms with Gasteiger partial charge in [0.05, 0.1) is 24.3 Å². The van der Waals surface area contributed by atoms with Crippen LogP contribution >= 0.6 is 0 Å². The summed E-state index contributed by atoms with van der Waals surface area (Å²) in [5.41, 5.74) is 2.47. The van der Waals surface area contributed by atoms with Gasteiger partial charge in [-0.25, -0.2) is 9.37 Å². The number of H-pyrrole nitrogens is 1. The molecule has 3 aromatic rings. The molecule has 3 heterocycles. The van der Waals surface area contributed by atoms with Crippen molar-refractivity contribution in [2.24, 2.45) is 0 Å². The molecule has 132 valence electrons. The number of anilines is 2. The summed E-state index contributed by atoms with van der Waals surface area (Å²) in [4.78, 5) is 33.0. The van der Waals surface area contributed by atoms with Crippen molar-refractivity contribution in [1.29, 1.82) is 0 Å². The van der Waals surface area contributed by atoms with Gasteiger partial charge in [0.2, 0.25) is 5.91 Å². The summed E-state index contributed by atoms with van der Waals surface area (Å²) in [7, 11) is 1.67. The van der Waals surface area contributed by atoms with E-state index >= 15 is 0 Å². The van der Waals surface area contributed by atoms with E-state index in [1.165, 1.54) is 23.2 Å². The van der Waals surface area contributed by atoms with Crippen LogP contribution in [0.5, 0.6) is 0 Å². The van der Waals surface area contributed by atoms with Crippen molar-refractivity contribution in [2.45, 2.75) is 6.54 Å². The Morgan fingerprint density at radius 2 is 2.15 bits per heavy atom. The first kappa shape index (κ1) is 16.1. The smallest absolute Gasteiger partial charge is 0.255 e. The number of carbonyl (C=O) groups excluding carboxylic acids is 2. The number of halogens is 1. The molecular formula is C18H16FN5O2. The summed E-state index contributed by atoms with van der Waals surface area (Å²) in [6.07, 6.45) is 1.47. The van der Waals surface area contributed by atoms with Crippen molar-refractivity contribution < 1.29 is 14.0 Å². The molecule has 26 heavy (non-hydrogen) atoms. The highest BCUT2D eigenvalue weighted by molar-refractivity contribution is 6.02. The van der Waals surface area contributed by atoms with Gasteiger partial charge in [-0.3, -0.25) is 9.59 Å². The quantitative estimate of drug-likeness (QED) is 0.674. The molecule has 0 spiro atoms. The molecule has 1 aliphatic rings. The number of nitrogens with zero attached hydrogens (tertiary/aromatic N) is 2. The second-order valence-electron chi connectivity index (χ2n) is 6.21. The summed E-state index contributed by atoms with van der Waals surface area (Å²) in [6, 6.07) is 7.92. The Morgan fingerprint density at radius 3 is 3.00 bits per heavy atom. The normalized spacial score (nSPS) is 13.1. The molecule has 0 fully saturated rings. The minimum absolute atomic E-state index is 0.161. The molecule has 2 aromatic heterocycles. The highest BCUT2D eigenvalue weighted by atomic mass is 19.1. The summed E-state index contributed by atoms with van der Waals surface area (Å²) < 4.78 is 13.3. The SMILES string of the molecule is CN(Cc1cc2cc(F)ccc2[nH]1)C(=O)c1cnc2c(c1)NC(=O)CN2. The van der Waals surface area contributed by atoms with Gasteiger partial charge >= 0.3 is 0 Å². The molecule has 1 aromatic carbocycles. The van der Waals surface area contributed by atoms with Crippen LogP contribution in [-0.2, 0) is 11.3 Å². The molecule has 7 nitrogen and oxygen atoms in total. The lowest BCUT2D eigenvalue weighted by Crippen LogP contribution is -2.30. The van der Waals surface area contributed by atoms with Crippen LogP contribution < -0.4 is 10.6 Å². The lowest BCUT2D eigenvalue weighted by atomic mass is 10.2. The van der Waals surface area contributed by atoms with E-state index in [1.54, 1.807) is 19.2 Å². The molecule has 0 saturated heterocycles. The Labute approximate surface area is 148 Å². The zero-order chi connectivity index (χ0) is 18.3. The number of aromatic amines is 1. The summed E-state index contributed by atoms with van der Waals surface area (Å²) in [6.45, 7) is 0.491. The second kappa shape index (κ2) is 6.14. The van der Waals surface area contributed by atoms with Crippen molar-refractivity contribution in [3.63, 3.8) is 0 Å². The molecule has 1 aliphatic heterocycles. The number of nitrogens with one attached hydrogen (secondary N) is 3. The number of carbonyl (C=O) groups is 2. The third-order valence-corrected chi connectivity index (χ3v) is 4.22. The number of pyridine rings is 1. The molecule has 4 rings (SSSR count). The first-order valence-electron chi connectivity index (χ1n) is 8.06. The highest BCUT2D eigenvalue weighted by Crippen LogP contribution is 2.24. The first-order chi connectivity index (χ1) is 12.5. The van der Waals surface area contributed by atoms with Crippen LogP contribution in [-0.4, -0.2) is 40.3 Å². The van der Waals surface area contributed by atoms with Crippen LogP contribution in [0.1, 0.15) is 16.1 Å². The Morgan fingerprint density at radius 1 is 1.31 bits per heavy atom. The molecule has 0 unspecified atom stereocenters. The number of fused-ring (bicyclic) bond motifs is 2. The van der Waals surface area contributed by atoms with Crippen LogP contribution in [0.25, 0.3) is 10.9 Å². The van der Waals surface area contributed by atoms with Gasteiger partial charge in [0.25, 0.3) is 5.91 Å². The molecule has 0 saturated carbocycles. The number of hydrogen-bond acceptors (Lipinski definition) is 4. The van der Waals surface area contributed by atoms with Gasteiger partial charge in [-0.1, -0.05) is 0 Å². The van der Waals surface area contributed by atoms with Gasteiger partial charge in [-0.15, -0.1) is 0 Å². The average Bonchev–Trinajstić information content (AvgIpc) is 3.01. The monoisotopic (exact) mass is 353 g/mol. The standard InChI is InChI=1S/C18H16FN5O2/c1-24(9-13-5-10-4-12(19)2-3-14(10)22-13)18(26)11-6-15-17(20-7-11)21-8-16(25)23-15/h2-7,22H,8-9H2,1H3,(H,20,21)(H,23,25). The first-order valence-corrected chi connectivity index (χ1v) is 8.06. The topological polar surface area (TPSA) is 90.1 Å². The molecule has 2 amide bonds. The number of amides is 2. The summed E-state index contributed by atoms with van der Waals surface area (Å²) >= 11 is 0. The van der Waals surface area contributed by atoms with E-state index in [-0.39, 0.29) is 24.2 Å². The zero-order valence-corrected chi connectivity index (χ0v) is 14.0. The van der Waals surface area contributed by atoms with E-state index in [1.807, 2.05) is 6.07 Å². The molecule has 0 atom stereocenters. The van der Waals surface area contributed by atoms with E-state index in [0.29, 0.717) is 23.6 Å². The maximum absolute atomic E-state index is 13.3. The van der Waals surface area contributed by atoms with Gasteiger partial charge in [0, 0.05) is 29.8 Å².